The van der Waals surface area contributed by atoms with Crippen LogP contribution in [-0.4, -0.2) is 19.3 Å². The topological polar surface area (TPSA) is 71.7 Å². The Kier molecular flexibility index (Phi) is 3.39. The molecule has 1 aliphatic heterocycles. The minimum atomic E-state index is -0.843. The zero-order valence-corrected chi connectivity index (χ0v) is 9.05. The Morgan fingerprint density at radius 1 is 1.29 bits per heavy atom. The molecule has 0 radical (unpaired) electrons. The third-order valence-corrected chi connectivity index (χ3v) is 2.39. The van der Waals surface area contributed by atoms with Crippen molar-refractivity contribution < 1.29 is 14.3 Å². The SMILES string of the molecule is N#CC(N=C=O)c1ccc2c(c1)OCCCO2. The number of aliphatic imine (C=N–C) groups is 1. The summed E-state index contributed by atoms with van der Waals surface area (Å²) in [5.41, 5.74) is 0.597. The highest BCUT2D eigenvalue weighted by Crippen LogP contribution is 2.32. The number of ether oxygens (including phenoxy) is 2. The van der Waals surface area contributed by atoms with E-state index in [-0.39, 0.29) is 0 Å². The van der Waals surface area contributed by atoms with Crippen molar-refractivity contribution >= 4 is 6.08 Å². The fraction of sp³-hybridized carbons (Fsp3) is 0.333. The molecule has 2 rings (SSSR count). The quantitative estimate of drug-likeness (QED) is 0.573. The van der Waals surface area contributed by atoms with Crippen molar-refractivity contribution in [2.75, 3.05) is 13.2 Å². The van der Waals surface area contributed by atoms with E-state index < -0.39 is 6.04 Å². The van der Waals surface area contributed by atoms with E-state index in [1.54, 1.807) is 18.2 Å². The van der Waals surface area contributed by atoms with E-state index in [1.807, 2.05) is 6.07 Å². The van der Waals surface area contributed by atoms with Gasteiger partial charge in [0.2, 0.25) is 6.08 Å². The molecule has 0 N–H and O–H groups in total. The van der Waals surface area contributed by atoms with Crippen molar-refractivity contribution in [3.8, 4) is 17.6 Å². The van der Waals surface area contributed by atoms with Gasteiger partial charge in [-0.3, -0.25) is 0 Å². The summed E-state index contributed by atoms with van der Waals surface area (Å²) in [6.07, 6.45) is 2.21. The molecule has 0 aliphatic carbocycles. The fourth-order valence-corrected chi connectivity index (χ4v) is 1.58. The first-order chi connectivity index (χ1) is 8.35. The van der Waals surface area contributed by atoms with Gasteiger partial charge < -0.3 is 9.47 Å². The number of rotatable bonds is 2. The van der Waals surface area contributed by atoms with Crippen LogP contribution < -0.4 is 9.47 Å². The number of isocyanates is 1. The molecule has 5 heteroatoms. The number of hydrogen-bond donors (Lipinski definition) is 0. The second-order valence-corrected chi connectivity index (χ2v) is 3.51. The molecule has 0 aromatic heterocycles. The van der Waals surface area contributed by atoms with Crippen LogP contribution in [0.2, 0.25) is 0 Å². The van der Waals surface area contributed by atoms with Gasteiger partial charge in [-0.05, 0) is 17.7 Å². The third kappa shape index (κ3) is 2.44. The summed E-state index contributed by atoms with van der Waals surface area (Å²) in [5.74, 6) is 1.24. The van der Waals surface area contributed by atoms with Gasteiger partial charge in [0, 0.05) is 6.42 Å². The average Bonchev–Trinajstić information content (AvgIpc) is 2.60. The monoisotopic (exact) mass is 230 g/mol. The Morgan fingerprint density at radius 2 is 2.06 bits per heavy atom. The minimum absolute atomic E-state index is 0.574. The Labute approximate surface area is 98.3 Å². The first kappa shape index (κ1) is 11.2. The summed E-state index contributed by atoms with van der Waals surface area (Å²) < 4.78 is 10.9. The molecule has 0 spiro atoms. The normalized spacial score (nSPS) is 15.0. The number of fused-ring (bicyclic) bond motifs is 1. The average molecular weight is 230 g/mol. The predicted octanol–water partition coefficient (Wildman–Crippen LogP) is 1.75. The Morgan fingerprint density at radius 3 is 2.76 bits per heavy atom. The van der Waals surface area contributed by atoms with Crippen molar-refractivity contribution in [2.45, 2.75) is 12.5 Å². The standard InChI is InChI=1S/C12H10N2O3/c13-7-10(14-8-15)9-2-3-11-12(6-9)17-5-1-4-16-11/h2-3,6,10H,1,4-5H2. The lowest BCUT2D eigenvalue weighted by Crippen LogP contribution is -1.97. The predicted molar refractivity (Wildman–Crippen MR) is 58.5 cm³/mol. The molecule has 1 atom stereocenters. The van der Waals surface area contributed by atoms with E-state index >= 15 is 0 Å². The molecule has 0 amide bonds. The van der Waals surface area contributed by atoms with Gasteiger partial charge in [-0.25, -0.2) is 4.79 Å². The van der Waals surface area contributed by atoms with Crippen LogP contribution in [0.3, 0.4) is 0 Å². The van der Waals surface area contributed by atoms with Crippen LogP contribution in [0.15, 0.2) is 23.2 Å². The highest BCUT2D eigenvalue weighted by Gasteiger charge is 2.15. The summed E-state index contributed by atoms with van der Waals surface area (Å²) in [4.78, 5) is 13.6. The first-order valence-corrected chi connectivity index (χ1v) is 5.21. The molecule has 1 aromatic rings. The summed E-state index contributed by atoms with van der Waals surface area (Å²) in [7, 11) is 0. The number of nitriles is 1. The smallest absolute Gasteiger partial charge is 0.236 e. The maximum atomic E-state index is 10.2. The molecule has 1 aromatic carbocycles. The van der Waals surface area contributed by atoms with E-state index in [0.717, 1.165) is 6.42 Å². The molecule has 1 heterocycles. The Balaban J connectivity index is 2.35. The third-order valence-electron chi connectivity index (χ3n) is 2.39. The molecule has 0 saturated carbocycles. The summed E-state index contributed by atoms with van der Waals surface area (Å²) >= 11 is 0. The molecular formula is C12H10N2O3. The van der Waals surface area contributed by atoms with Gasteiger partial charge in [-0.15, -0.1) is 0 Å². The van der Waals surface area contributed by atoms with Gasteiger partial charge in [-0.2, -0.15) is 10.3 Å². The van der Waals surface area contributed by atoms with Crippen LogP contribution in [0.5, 0.6) is 11.5 Å². The van der Waals surface area contributed by atoms with E-state index in [2.05, 4.69) is 4.99 Å². The molecule has 17 heavy (non-hydrogen) atoms. The molecule has 0 fully saturated rings. The highest BCUT2D eigenvalue weighted by atomic mass is 16.5. The van der Waals surface area contributed by atoms with E-state index in [4.69, 9.17) is 14.7 Å². The first-order valence-electron chi connectivity index (χ1n) is 5.21. The van der Waals surface area contributed by atoms with Gasteiger partial charge in [0.1, 0.15) is 0 Å². The van der Waals surface area contributed by atoms with Gasteiger partial charge >= 0.3 is 0 Å². The van der Waals surface area contributed by atoms with Gasteiger partial charge in [0.05, 0.1) is 19.3 Å². The highest BCUT2D eigenvalue weighted by molar-refractivity contribution is 5.46. The summed E-state index contributed by atoms with van der Waals surface area (Å²) in [5, 5.41) is 8.88. The molecular weight excluding hydrogens is 220 g/mol. The van der Waals surface area contributed by atoms with Gasteiger partial charge in [0.15, 0.2) is 17.5 Å². The van der Waals surface area contributed by atoms with Crippen LogP contribution in [0, 0.1) is 11.3 Å². The van der Waals surface area contributed by atoms with E-state index in [0.29, 0.717) is 30.3 Å². The van der Waals surface area contributed by atoms with Crippen molar-refractivity contribution in [3.63, 3.8) is 0 Å². The Hall–Kier alpha value is -2.31. The van der Waals surface area contributed by atoms with Crippen LogP contribution in [0.25, 0.3) is 0 Å². The summed E-state index contributed by atoms with van der Waals surface area (Å²) in [6.45, 7) is 1.19. The van der Waals surface area contributed by atoms with E-state index in [1.165, 1.54) is 6.08 Å². The minimum Gasteiger partial charge on any atom is -0.490 e. The van der Waals surface area contributed by atoms with Crippen LogP contribution in [0.4, 0.5) is 0 Å². The summed E-state index contributed by atoms with van der Waals surface area (Å²) in [6, 6.07) is 6.17. The van der Waals surface area contributed by atoms with Crippen molar-refractivity contribution in [1.82, 2.24) is 0 Å². The molecule has 1 unspecified atom stereocenters. The molecule has 86 valence electrons. The number of benzene rings is 1. The molecule has 5 nitrogen and oxygen atoms in total. The molecule has 0 bridgehead atoms. The second kappa shape index (κ2) is 5.15. The van der Waals surface area contributed by atoms with Crippen LogP contribution in [-0.2, 0) is 4.79 Å². The maximum Gasteiger partial charge on any atom is 0.236 e. The van der Waals surface area contributed by atoms with Gasteiger partial charge in [-0.1, -0.05) is 6.07 Å². The van der Waals surface area contributed by atoms with Crippen molar-refractivity contribution in [2.24, 2.45) is 4.99 Å². The lowest BCUT2D eigenvalue weighted by Gasteiger charge is -2.09. The Bertz CT molecular complexity index is 501. The largest absolute Gasteiger partial charge is 0.490 e. The van der Waals surface area contributed by atoms with Crippen LogP contribution in [0.1, 0.15) is 18.0 Å². The lowest BCUT2D eigenvalue weighted by molar-refractivity contribution is 0.297. The van der Waals surface area contributed by atoms with Gasteiger partial charge in [0.25, 0.3) is 0 Å². The lowest BCUT2D eigenvalue weighted by atomic mass is 10.1. The van der Waals surface area contributed by atoms with Crippen molar-refractivity contribution in [1.29, 1.82) is 5.26 Å². The number of carbonyl (C=O) groups excluding carboxylic acids is 1. The van der Waals surface area contributed by atoms with Crippen molar-refractivity contribution in [3.05, 3.63) is 23.8 Å². The number of hydrogen-bond acceptors (Lipinski definition) is 5. The zero-order chi connectivity index (χ0) is 12.1. The van der Waals surface area contributed by atoms with E-state index in [9.17, 15) is 4.79 Å². The number of nitrogens with zero attached hydrogens (tertiary/aromatic N) is 2. The fourth-order valence-electron chi connectivity index (χ4n) is 1.58. The molecule has 1 aliphatic rings. The maximum absolute atomic E-state index is 10.2. The zero-order valence-electron chi connectivity index (χ0n) is 9.05. The van der Waals surface area contributed by atoms with Crippen LogP contribution >= 0.6 is 0 Å². The second-order valence-electron chi connectivity index (χ2n) is 3.51. The molecule has 0 saturated heterocycles.